The Hall–Kier alpha value is -2.86. The molecule has 2 aromatic heterocycles. The van der Waals surface area contributed by atoms with Crippen LogP contribution >= 0.6 is 11.6 Å². The van der Waals surface area contributed by atoms with Crippen molar-refractivity contribution in [2.24, 2.45) is 0 Å². The lowest BCUT2D eigenvalue weighted by Crippen LogP contribution is -2.33. The number of nitrogens with zero attached hydrogens (tertiary/aromatic N) is 3. The van der Waals surface area contributed by atoms with Crippen molar-refractivity contribution in [2.45, 2.75) is 31.7 Å². The van der Waals surface area contributed by atoms with Gasteiger partial charge >= 0.3 is 0 Å². The van der Waals surface area contributed by atoms with Crippen molar-refractivity contribution in [1.82, 2.24) is 14.8 Å². The van der Waals surface area contributed by atoms with Crippen molar-refractivity contribution in [3.05, 3.63) is 76.1 Å². The molecule has 27 heavy (non-hydrogen) atoms. The van der Waals surface area contributed by atoms with E-state index in [2.05, 4.69) is 15.4 Å². The highest BCUT2D eigenvalue weighted by molar-refractivity contribution is 6.30. The molecule has 0 bridgehead atoms. The number of carbonyl (C=O) groups is 1. The number of hydrogen-bond donors (Lipinski definition) is 1. The fraction of sp³-hybridized carbons (Fsp3) is 0.250. The van der Waals surface area contributed by atoms with E-state index in [1.807, 2.05) is 43.3 Å². The SMILES string of the molecule is Cc1nc2n(n1)[C@H](c1ccc(Cl)cc1)C1=C(C[C@@H](c3ccco3)CC1=O)N2. The predicted octanol–water partition coefficient (Wildman–Crippen LogP) is 4.25. The van der Waals surface area contributed by atoms with Gasteiger partial charge in [0.05, 0.1) is 6.26 Å². The highest BCUT2D eigenvalue weighted by Gasteiger charge is 2.40. The van der Waals surface area contributed by atoms with Gasteiger partial charge in [-0.1, -0.05) is 23.7 Å². The number of benzene rings is 1. The number of fused-ring (bicyclic) bond motifs is 1. The zero-order valence-corrected chi connectivity index (χ0v) is 15.4. The van der Waals surface area contributed by atoms with Crippen LogP contribution in [0.25, 0.3) is 0 Å². The molecule has 0 amide bonds. The average molecular weight is 381 g/mol. The van der Waals surface area contributed by atoms with Crippen LogP contribution < -0.4 is 5.32 Å². The molecule has 0 saturated heterocycles. The topological polar surface area (TPSA) is 73.0 Å². The van der Waals surface area contributed by atoms with Crippen LogP contribution in [-0.4, -0.2) is 20.5 Å². The number of anilines is 1. The molecule has 6 nitrogen and oxygen atoms in total. The van der Waals surface area contributed by atoms with Crippen molar-refractivity contribution in [2.75, 3.05) is 5.32 Å². The lowest BCUT2D eigenvalue weighted by molar-refractivity contribution is -0.117. The Labute approximate surface area is 160 Å². The Morgan fingerprint density at radius 2 is 2.04 bits per heavy atom. The Kier molecular flexibility index (Phi) is 3.68. The summed E-state index contributed by atoms with van der Waals surface area (Å²) in [7, 11) is 0. The van der Waals surface area contributed by atoms with Crippen LogP contribution in [-0.2, 0) is 4.79 Å². The Morgan fingerprint density at radius 1 is 1.22 bits per heavy atom. The molecule has 3 aromatic rings. The second-order valence-corrected chi connectivity index (χ2v) is 7.38. The monoisotopic (exact) mass is 380 g/mol. The molecule has 1 aliphatic heterocycles. The molecule has 3 heterocycles. The second kappa shape index (κ2) is 6.09. The number of hydrogen-bond acceptors (Lipinski definition) is 5. The van der Waals surface area contributed by atoms with Crippen LogP contribution in [0.1, 0.15) is 41.9 Å². The van der Waals surface area contributed by atoms with E-state index in [9.17, 15) is 4.79 Å². The molecule has 0 radical (unpaired) electrons. The van der Waals surface area contributed by atoms with E-state index >= 15 is 0 Å². The normalized spacial score (nSPS) is 21.6. The number of carbonyl (C=O) groups excluding carboxylic acids is 1. The van der Waals surface area contributed by atoms with E-state index in [1.165, 1.54) is 0 Å². The first-order valence-corrected chi connectivity index (χ1v) is 9.23. The van der Waals surface area contributed by atoms with Crippen LogP contribution in [0.3, 0.4) is 0 Å². The van der Waals surface area contributed by atoms with Crippen LogP contribution in [0.4, 0.5) is 5.95 Å². The molecule has 1 N–H and O–H groups in total. The summed E-state index contributed by atoms with van der Waals surface area (Å²) in [6.45, 7) is 1.85. The fourth-order valence-electron chi connectivity index (χ4n) is 4.00. The summed E-state index contributed by atoms with van der Waals surface area (Å²) in [6, 6.07) is 11.0. The standard InChI is InChI=1S/C20H17ClN4O2/c1-11-22-20-23-15-9-13(17-3-2-8-27-17)10-16(26)18(15)19(25(20)24-11)12-4-6-14(21)7-5-12/h2-8,13,19H,9-10H2,1H3,(H,22,23,24)/t13-,19-/m1/s1. The van der Waals surface area contributed by atoms with Crippen molar-refractivity contribution < 1.29 is 9.21 Å². The molecule has 7 heteroatoms. The second-order valence-electron chi connectivity index (χ2n) is 6.94. The van der Waals surface area contributed by atoms with Gasteiger partial charge in [-0.15, -0.1) is 0 Å². The Balaban J connectivity index is 1.63. The summed E-state index contributed by atoms with van der Waals surface area (Å²) in [6.07, 6.45) is 2.76. The highest BCUT2D eigenvalue weighted by Crippen LogP contribution is 2.44. The van der Waals surface area contributed by atoms with Gasteiger partial charge in [-0.2, -0.15) is 10.1 Å². The third kappa shape index (κ3) is 2.68. The largest absolute Gasteiger partial charge is 0.469 e. The van der Waals surface area contributed by atoms with Gasteiger partial charge in [-0.05, 0) is 43.2 Å². The minimum absolute atomic E-state index is 0.0280. The highest BCUT2D eigenvalue weighted by atomic mass is 35.5. The molecular formula is C20H17ClN4O2. The number of Topliss-reactive ketones (excluding diaryl/α,β-unsaturated/α-hetero) is 1. The van der Waals surface area contributed by atoms with Gasteiger partial charge in [-0.25, -0.2) is 4.68 Å². The maximum absolute atomic E-state index is 13.2. The lowest BCUT2D eigenvalue weighted by Gasteiger charge is -2.34. The minimum Gasteiger partial charge on any atom is -0.469 e. The maximum Gasteiger partial charge on any atom is 0.226 e. The van der Waals surface area contributed by atoms with Crippen molar-refractivity contribution in [3.8, 4) is 0 Å². The summed E-state index contributed by atoms with van der Waals surface area (Å²) >= 11 is 6.06. The zero-order valence-electron chi connectivity index (χ0n) is 14.6. The first-order chi connectivity index (χ1) is 13.1. The van der Waals surface area contributed by atoms with E-state index in [0.29, 0.717) is 29.6 Å². The maximum atomic E-state index is 13.2. The van der Waals surface area contributed by atoms with Gasteiger partial charge in [0.15, 0.2) is 5.78 Å². The number of halogens is 1. The molecular weight excluding hydrogens is 364 g/mol. The molecule has 2 aliphatic rings. The summed E-state index contributed by atoms with van der Waals surface area (Å²) in [5.74, 6) is 2.28. The van der Waals surface area contributed by atoms with E-state index < -0.39 is 0 Å². The molecule has 0 saturated carbocycles. The summed E-state index contributed by atoms with van der Waals surface area (Å²) in [5, 5.41) is 8.52. The van der Waals surface area contributed by atoms with Crippen LogP contribution in [0.15, 0.2) is 58.3 Å². The van der Waals surface area contributed by atoms with Gasteiger partial charge in [0, 0.05) is 28.6 Å². The predicted molar refractivity (Wildman–Crippen MR) is 101 cm³/mol. The molecule has 1 aliphatic carbocycles. The summed E-state index contributed by atoms with van der Waals surface area (Å²) in [5.41, 5.74) is 2.61. The number of allylic oxidation sites excluding steroid dienone is 2. The van der Waals surface area contributed by atoms with E-state index in [4.69, 9.17) is 16.0 Å². The fourth-order valence-corrected chi connectivity index (χ4v) is 4.12. The van der Waals surface area contributed by atoms with Gasteiger partial charge in [0.1, 0.15) is 17.6 Å². The Morgan fingerprint density at radius 3 is 2.78 bits per heavy atom. The van der Waals surface area contributed by atoms with E-state index in [-0.39, 0.29) is 17.7 Å². The number of aryl methyl sites for hydroxylation is 1. The zero-order chi connectivity index (χ0) is 18.5. The van der Waals surface area contributed by atoms with Crippen LogP contribution in [0.2, 0.25) is 5.02 Å². The molecule has 1 aromatic carbocycles. The third-order valence-electron chi connectivity index (χ3n) is 5.16. The van der Waals surface area contributed by atoms with Gasteiger partial charge in [-0.3, -0.25) is 4.79 Å². The van der Waals surface area contributed by atoms with Crippen LogP contribution in [0.5, 0.6) is 0 Å². The quantitative estimate of drug-likeness (QED) is 0.719. The van der Waals surface area contributed by atoms with Gasteiger partial charge in [0.2, 0.25) is 5.95 Å². The number of furan rings is 1. The van der Waals surface area contributed by atoms with Gasteiger partial charge in [0.25, 0.3) is 0 Å². The smallest absolute Gasteiger partial charge is 0.226 e. The van der Waals surface area contributed by atoms with Crippen molar-refractivity contribution in [3.63, 3.8) is 0 Å². The Bertz CT molecular complexity index is 1050. The van der Waals surface area contributed by atoms with E-state index in [0.717, 1.165) is 22.6 Å². The molecule has 0 fully saturated rings. The number of aromatic nitrogens is 3. The molecule has 5 rings (SSSR count). The molecule has 136 valence electrons. The van der Waals surface area contributed by atoms with Crippen LogP contribution in [0, 0.1) is 6.92 Å². The molecule has 0 unspecified atom stereocenters. The van der Waals surface area contributed by atoms with Crippen molar-refractivity contribution in [1.29, 1.82) is 0 Å². The average Bonchev–Trinajstić information content (AvgIpc) is 3.29. The van der Waals surface area contributed by atoms with E-state index in [1.54, 1.807) is 10.9 Å². The summed E-state index contributed by atoms with van der Waals surface area (Å²) in [4.78, 5) is 17.7. The minimum atomic E-state index is -0.306. The number of nitrogens with one attached hydrogen (secondary N) is 1. The first kappa shape index (κ1) is 16.3. The number of rotatable bonds is 2. The van der Waals surface area contributed by atoms with Gasteiger partial charge < -0.3 is 9.73 Å². The van der Waals surface area contributed by atoms with Crippen molar-refractivity contribution >= 4 is 23.3 Å². The molecule has 2 atom stereocenters. The summed E-state index contributed by atoms with van der Waals surface area (Å²) < 4.78 is 7.34. The lowest BCUT2D eigenvalue weighted by atomic mass is 9.79. The first-order valence-electron chi connectivity index (χ1n) is 8.85. The molecule has 0 spiro atoms. The number of ketones is 1. The third-order valence-corrected chi connectivity index (χ3v) is 5.41.